The van der Waals surface area contributed by atoms with Crippen molar-refractivity contribution in [3.05, 3.63) is 59.7 Å². The Labute approximate surface area is 216 Å². The molecule has 2 aromatic rings. The first-order valence-corrected chi connectivity index (χ1v) is 12.1. The minimum absolute atomic E-state index is 0. The SMILES string of the molecule is O=C(O)CC1CCN(CC(=O)NCCCCCN=C2Nc3ccccc3[NH2+]2)C(=O)c2ccccc21.[Cl-]. The lowest BCUT2D eigenvalue weighted by Gasteiger charge is -2.20. The van der Waals surface area contributed by atoms with Gasteiger partial charge in [-0.15, -0.1) is 0 Å². The van der Waals surface area contributed by atoms with E-state index in [0.29, 0.717) is 25.1 Å². The molecule has 2 aromatic carbocycles. The smallest absolute Gasteiger partial charge is 0.304 e. The summed E-state index contributed by atoms with van der Waals surface area (Å²) >= 11 is 0. The maximum absolute atomic E-state index is 13.0. The van der Waals surface area contributed by atoms with Crippen LogP contribution in [-0.4, -0.2) is 59.9 Å². The number of nitrogens with one attached hydrogen (secondary N) is 2. The summed E-state index contributed by atoms with van der Waals surface area (Å²) in [4.78, 5) is 42.9. The van der Waals surface area contributed by atoms with Gasteiger partial charge in [0.1, 0.15) is 5.69 Å². The number of halogens is 1. The second kappa shape index (κ2) is 13.0. The molecular weight excluding hydrogens is 482 g/mol. The molecule has 2 amide bonds. The predicted octanol–water partition coefficient (Wildman–Crippen LogP) is -0.942. The average molecular weight is 514 g/mol. The maximum Gasteiger partial charge on any atom is 0.304 e. The third-order valence-electron chi connectivity index (χ3n) is 6.38. The topological polar surface area (TPSA) is 128 Å². The first-order chi connectivity index (χ1) is 17.0. The highest BCUT2D eigenvalue weighted by Gasteiger charge is 2.30. The summed E-state index contributed by atoms with van der Waals surface area (Å²) in [6, 6.07) is 15.2. The summed E-state index contributed by atoms with van der Waals surface area (Å²) in [5.74, 6) is -0.667. The molecule has 9 nitrogen and oxygen atoms in total. The zero-order chi connectivity index (χ0) is 24.6. The third kappa shape index (κ3) is 7.05. The van der Waals surface area contributed by atoms with Crippen molar-refractivity contribution in [1.82, 2.24) is 10.2 Å². The van der Waals surface area contributed by atoms with E-state index >= 15 is 0 Å². The Bertz CT molecular complexity index is 1100. The number of amides is 2. The molecular formula is C26H32ClN5O4. The van der Waals surface area contributed by atoms with Crippen molar-refractivity contribution in [2.45, 2.75) is 38.0 Å². The van der Waals surface area contributed by atoms with Crippen molar-refractivity contribution in [1.29, 1.82) is 0 Å². The highest BCUT2D eigenvalue weighted by Crippen LogP contribution is 2.31. The van der Waals surface area contributed by atoms with E-state index in [4.69, 9.17) is 0 Å². The van der Waals surface area contributed by atoms with Gasteiger partial charge in [-0.1, -0.05) is 30.3 Å². The number of carboxylic acids is 1. The molecule has 36 heavy (non-hydrogen) atoms. The fraction of sp³-hybridized carbons (Fsp3) is 0.385. The fourth-order valence-corrected chi connectivity index (χ4v) is 4.57. The molecule has 0 aliphatic carbocycles. The molecule has 5 N–H and O–H groups in total. The monoisotopic (exact) mass is 513 g/mol. The van der Waals surface area contributed by atoms with Gasteiger partial charge in [-0.25, -0.2) is 10.3 Å². The number of guanidine groups is 1. The van der Waals surface area contributed by atoms with E-state index in [1.54, 1.807) is 12.1 Å². The van der Waals surface area contributed by atoms with Crippen molar-refractivity contribution >= 4 is 35.1 Å². The van der Waals surface area contributed by atoms with E-state index in [2.05, 4.69) is 21.7 Å². The van der Waals surface area contributed by atoms with Crippen LogP contribution >= 0.6 is 0 Å². The molecule has 0 saturated heterocycles. The Morgan fingerprint density at radius 3 is 2.69 bits per heavy atom. The van der Waals surface area contributed by atoms with Gasteiger partial charge in [-0.05, 0) is 49.3 Å². The number of benzene rings is 2. The summed E-state index contributed by atoms with van der Waals surface area (Å²) in [7, 11) is 0. The predicted molar refractivity (Wildman–Crippen MR) is 133 cm³/mol. The lowest BCUT2D eigenvalue weighted by molar-refractivity contribution is -0.437. The first-order valence-electron chi connectivity index (χ1n) is 12.1. The molecule has 1 atom stereocenters. The van der Waals surface area contributed by atoms with Crippen LogP contribution in [0.15, 0.2) is 53.5 Å². The van der Waals surface area contributed by atoms with Crippen molar-refractivity contribution in [3.8, 4) is 0 Å². The number of nitrogens with zero attached hydrogens (tertiary/aromatic N) is 2. The van der Waals surface area contributed by atoms with Crippen LogP contribution in [0.1, 0.15) is 53.9 Å². The number of para-hydroxylation sites is 2. The van der Waals surface area contributed by atoms with Crippen LogP contribution in [0, 0.1) is 0 Å². The number of carboxylic acid groups (broad SMARTS) is 1. The van der Waals surface area contributed by atoms with E-state index < -0.39 is 5.97 Å². The number of fused-ring (bicyclic) bond motifs is 2. The molecule has 192 valence electrons. The van der Waals surface area contributed by atoms with E-state index in [1.165, 1.54) is 4.90 Å². The number of rotatable bonds is 10. The Morgan fingerprint density at radius 1 is 1.11 bits per heavy atom. The van der Waals surface area contributed by atoms with Gasteiger partial charge in [-0.3, -0.25) is 19.7 Å². The largest absolute Gasteiger partial charge is 1.00 e. The van der Waals surface area contributed by atoms with Crippen LogP contribution in [-0.2, 0) is 9.59 Å². The number of aliphatic imine (C=N–C) groups is 1. The van der Waals surface area contributed by atoms with E-state index in [0.717, 1.165) is 48.7 Å². The molecule has 10 heteroatoms. The Hall–Kier alpha value is -3.43. The van der Waals surface area contributed by atoms with Gasteiger partial charge in [0.2, 0.25) is 5.91 Å². The van der Waals surface area contributed by atoms with E-state index in [1.807, 2.05) is 35.6 Å². The van der Waals surface area contributed by atoms with Gasteiger partial charge in [-0.2, -0.15) is 0 Å². The minimum atomic E-state index is -0.891. The van der Waals surface area contributed by atoms with Gasteiger partial charge in [0.15, 0.2) is 5.69 Å². The molecule has 0 radical (unpaired) electrons. The number of aliphatic carboxylic acids is 1. The highest BCUT2D eigenvalue weighted by molar-refractivity contribution is 5.98. The fourth-order valence-electron chi connectivity index (χ4n) is 4.57. The van der Waals surface area contributed by atoms with E-state index in [9.17, 15) is 19.5 Å². The molecule has 0 bridgehead atoms. The molecule has 0 spiro atoms. The second-order valence-corrected chi connectivity index (χ2v) is 8.93. The summed E-state index contributed by atoms with van der Waals surface area (Å²) in [5, 5.41) is 17.5. The van der Waals surface area contributed by atoms with Gasteiger partial charge in [0, 0.05) is 31.3 Å². The maximum atomic E-state index is 13.0. The molecule has 2 heterocycles. The average Bonchev–Trinajstić information content (AvgIpc) is 3.22. The van der Waals surface area contributed by atoms with Crippen LogP contribution in [0.5, 0.6) is 0 Å². The van der Waals surface area contributed by atoms with E-state index in [-0.39, 0.29) is 43.1 Å². The van der Waals surface area contributed by atoms with Crippen LogP contribution in [0.25, 0.3) is 0 Å². The zero-order valence-corrected chi connectivity index (χ0v) is 20.8. The van der Waals surface area contributed by atoms with Crippen molar-refractivity contribution in [2.75, 3.05) is 31.5 Å². The number of unbranched alkanes of at least 4 members (excludes halogenated alkanes) is 2. The molecule has 2 aliphatic heterocycles. The molecule has 0 saturated carbocycles. The third-order valence-corrected chi connectivity index (χ3v) is 6.38. The number of carbonyl (C=O) groups is 3. The summed E-state index contributed by atoms with van der Waals surface area (Å²) in [5.41, 5.74) is 3.47. The Kier molecular flexibility index (Phi) is 9.84. The minimum Gasteiger partial charge on any atom is -1.00 e. The van der Waals surface area contributed by atoms with Gasteiger partial charge in [0.25, 0.3) is 5.91 Å². The lowest BCUT2D eigenvalue weighted by Crippen LogP contribution is -3.00. The van der Waals surface area contributed by atoms with Gasteiger partial charge in [0.05, 0.1) is 13.0 Å². The standard InChI is InChI=1S/C26H31N5O4.ClH/c32-23(27-13-6-1-7-14-28-26-29-21-10-4-5-11-22(21)30-26)17-31-15-12-18(16-24(33)34)19-8-2-3-9-20(19)25(31)35;/h2-5,8-11,18H,1,6-7,12-17H2,(H,27,32)(H,33,34)(H2,28,29,30);1H. The molecule has 0 fully saturated rings. The molecule has 2 aliphatic rings. The van der Waals surface area contributed by atoms with Crippen LogP contribution in [0.4, 0.5) is 11.4 Å². The normalized spacial score (nSPS) is 17.4. The number of anilines is 1. The van der Waals surface area contributed by atoms with Gasteiger partial charge < -0.3 is 27.7 Å². The lowest BCUT2D eigenvalue weighted by atomic mass is 9.90. The number of nitrogens with two attached hydrogens (primary N) is 1. The van der Waals surface area contributed by atoms with Crippen LogP contribution < -0.4 is 28.4 Å². The summed E-state index contributed by atoms with van der Waals surface area (Å²) in [6.45, 7) is 1.60. The molecule has 0 aromatic heterocycles. The van der Waals surface area contributed by atoms with Crippen LogP contribution in [0.2, 0.25) is 0 Å². The molecule has 1 unspecified atom stereocenters. The van der Waals surface area contributed by atoms with Crippen molar-refractivity contribution in [3.63, 3.8) is 0 Å². The van der Waals surface area contributed by atoms with Crippen molar-refractivity contribution in [2.24, 2.45) is 4.99 Å². The van der Waals surface area contributed by atoms with Gasteiger partial charge >= 0.3 is 11.9 Å². The summed E-state index contributed by atoms with van der Waals surface area (Å²) in [6.07, 6.45) is 3.19. The summed E-state index contributed by atoms with van der Waals surface area (Å²) < 4.78 is 0. The first kappa shape index (κ1) is 27.2. The highest BCUT2D eigenvalue weighted by atomic mass is 35.5. The van der Waals surface area contributed by atoms with Crippen molar-refractivity contribution < 1.29 is 37.2 Å². The zero-order valence-electron chi connectivity index (χ0n) is 20.1. The second-order valence-electron chi connectivity index (χ2n) is 8.93. The van der Waals surface area contributed by atoms with Crippen LogP contribution in [0.3, 0.4) is 0 Å². The number of quaternary nitrogens is 1. The quantitative estimate of drug-likeness (QED) is 0.241. The number of carbonyl (C=O) groups excluding carboxylic acids is 2. The number of hydrogen-bond donors (Lipinski definition) is 4. The number of hydrogen-bond acceptors (Lipinski definition) is 4. The Morgan fingerprint density at radius 2 is 1.89 bits per heavy atom. The Balaban J connectivity index is 0.00000361. The molecule has 4 rings (SSSR count).